The van der Waals surface area contributed by atoms with Gasteiger partial charge in [-0.2, -0.15) is 0 Å². The summed E-state index contributed by atoms with van der Waals surface area (Å²) in [7, 11) is 0. The molecule has 5 heteroatoms. The van der Waals surface area contributed by atoms with E-state index in [2.05, 4.69) is 37.2 Å². The van der Waals surface area contributed by atoms with Crippen molar-refractivity contribution in [1.82, 2.24) is 5.32 Å². The van der Waals surface area contributed by atoms with Crippen molar-refractivity contribution in [3.05, 3.63) is 32.7 Å². The number of carbonyl (C=O) groups excluding carboxylic acids is 1. The molecule has 1 aromatic rings. The second-order valence-electron chi connectivity index (χ2n) is 4.15. The van der Waals surface area contributed by atoms with Gasteiger partial charge in [-0.1, -0.05) is 31.9 Å². The van der Waals surface area contributed by atoms with Crippen LogP contribution in [0.1, 0.15) is 24.2 Å². The molecule has 88 valence electrons. The van der Waals surface area contributed by atoms with Gasteiger partial charge in [-0.05, 0) is 32.0 Å². The molecule has 0 bridgehead atoms. The third-order valence-electron chi connectivity index (χ3n) is 1.97. The minimum Gasteiger partial charge on any atom is -0.394 e. The van der Waals surface area contributed by atoms with Gasteiger partial charge in [0.25, 0.3) is 5.91 Å². The van der Waals surface area contributed by atoms with Gasteiger partial charge < -0.3 is 10.4 Å². The quantitative estimate of drug-likeness (QED) is 0.880. The Balaban J connectivity index is 2.89. The fourth-order valence-corrected chi connectivity index (χ4v) is 2.40. The Labute approximate surface area is 111 Å². The summed E-state index contributed by atoms with van der Waals surface area (Å²) in [5, 5.41) is 11.8. The van der Waals surface area contributed by atoms with Gasteiger partial charge in [0.05, 0.1) is 12.1 Å². The highest BCUT2D eigenvalue weighted by atomic mass is 79.9. The zero-order valence-corrected chi connectivity index (χ0v) is 12.2. The van der Waals surface area contributed by atoms with Gasteiger partial charge in [0.2, 0.25) is 0 Å². The van der Waals surface area contributed by atoms with E-state index in [0.29, 0.717) is 5.56 Å². The van der Waals surface area contributed by atoms with Gasteiger partial charge in [0, 0.05) is 14.5 Å². The van der Waals surface area contributed by atoms with E-state index in [-0.39, 0.29) is 12.5 Å². The maximum atomic E-state index is 11.9. The maximum absolute atomic E-state index is 11.9. The monoisotopic (exact) mass is 349 g/mol. The lowest BCUT2D eigenvalue weighted by atomic mass is 10.1. The van der Waals surface area contributed by atoms with Crippen LogP contribution in [0.5, 0.6) is 0 Å². The molecule has 3 nitrogen and oxygen atoms in total. The van der Waals surface area contributed by atoms with Crippen molar-refractivity contribution in [1.29, 1.82) is 0 Å². The summed E-state index contributed by atoms with van der Waals surface area (Å²) in [5.41, 5.74) is -0.0749. The predicted octanol–water partition coefficient (Wildman–Crippen LogP) is 2.71. The van der Waals surface area contributed by atoms with Crippen molar-refractivity contribution in [3.63, 3.8) is 0 Å². The topological polar surface area (TPSA) is 49.3 Å². The highest BCUT2D eigenvalue weighted by Gasteiger charge is 2.20. The third-order valence-corrected chi connectivity index (χ3v) is 2.89. The van der Waals surface area contributed by atoms with E-state index in [4.69, 9.17) is 5.11 Å². The van der Waals surface area contributed by atoms with Crippen molar-refractivity contribution in [3.8, 4) is 0 Å². The lowest BCUT2D eigenvalue weighted by Gasteiger charge is -2.23. The molecule has 0 saturated heterocycles. The summed E-state index contributed by atoms with van der Waals surface area (Å²) in [5.74, 6) is -0.207. The number of halogens is 2. The first kappa shape index (κ1) is 13.7. The average Bonchev–Trinajstić information content (AvgIpc) is 2.15. The number of amides is 1. The van der Waals surface area contributed by atoms with Gasteiger partial charge in [0.1, 0.15) is 0 Å². The molecule has 2 N–H and O–H groups in total. The van der Waals surface area contributed by atoms with Crippen LogP contribution in [0.15, 0.2) is 27.1 Å². The highest BCUT2D eigenvalue weighted by Crippen LogP contribution is 2.20. The Morgan fingerprint density at radius 1 is 1.31 bits per heavy atom. The Morgan fingerprint density at radius 2 is 1.81 bits per heavy atom. The van der Waals surface area contributed by atoms with Crippen LogP contribution >= 0.6 is 31.9 Å². The molecule has 1 rings (SSSR count). The molecule has 0 aliphatic heterocycles. The number of hydrogen-bond acceptors (Lipinski definition) is 2. The summed E-state index contributed by atoms with van der Waals surface area (Å²) < 4.78 is 1.66. The second kappa shape index (κ2) is 5.29. The van der Waals surface area contributed by atoms with Crippen molar-refractivity contribution in [2.24, 2.45) is 0 Å². The number of hydrogen-bond donors (Lipinski definition) is 2. The number of aliphatic hydroxyl groups is 1. The Hall–Kier alpha value is -0.390. The fourth-order valence-electron chi connectivity index (χ4n) is 1.10. The summed E-state index contributed by atoms with van der Waals surface area (Å²) in [6.07, 6.45) is 0. The van der Waals surface area contributed by atoms with Crippen LogP contribution in [-0.4, -0.2) is 23.2 Å². The van der Waals surface area contributed by atoms with Gasteiger partial charge in [-0.3, -0.25) is 4.79 Å². The largest absolute Gasteiger partial charge is 0.394 e. The zero-order valence-electron chi connectivity index (χ0n) is 9.05. The Morgan fingerprint density at radius 3 is 2.25 bits per heavy atom. The highest BCUT2D eigenvalue weighted by molar-refractivity contribution is 9.11. The van der Waals surface area contributed by atoms with E-state index in [1.165, 1.54) is 0 Å². The Bertz CT molecular complexity index is 385. The minimum absolute atomic E-state index is 0.103. The molecule has 0 spiro atoms. The van der Waals surface area contributed by atoms with E-state index < -0.39 is 5.54 Å². The molecule has 0 heterocycles. The SMILES string of the molecule is CC(C)(CO)NC(=O)c1cc(Br)cc(Br)c1. The average molecular weight is 351 g/mol. The second-order valence-corrected chi connectivity index (χ2v) is 5.99. The molecule has 0 atom stereocenters. The van der Waals surface area contributed by atoms with Crippen LogP contribution in [0.3, 0.4) is 0 Å². The van der Waals surface area contributed by atoms with E-state index in [1.54, 1.807) is 26.0 Å². The summed E-state index contributed by atoms with van der Waals surface area (Å²) in [4.78, 5) is 11.9. The van der Waals surface area contributed by atoms with Gasteiger partial charge in [0.15, 0.2) is 0 Å². The van der Waals surface area contributed by atoms with Crippen molar-refractivity contribution >= 4 is 37.8 Å². The van der Waals surface area contributed by atoms with Crippen LogP contribution in [0.25, 0.3) is 0 Å². The molecule has 16 heavy (non-hydrogen) atoms. The molecule has 1 aromatic carbocycles. The summed E-state index contributed by atoms with van der Waals surface area (Å²) >= 11 is 6.64. The number of carbonyl (C=O) groups is 1. The Kier molecular flexibility index (Phi) is 4.52. The fraction of sp³-hybridized carbons (Fsp3) is 0.364. The van der Waals surface area contributed by atoms with Crippen LogP contribution in [0, 0.1) is 0 Å². The normalized spacial score (nSPS) is 11.3. The van der Waals surface area contributed by atoms with Crippen LogP contribution in [-0.2, 0) is 0 Å². The lowest BCUT2D eigenvalue weighted by Crippen LogP contribution is -2.46. The van der Waals surface area contributed by atoms with Crippen molar-refractivity contribution in [2.45, 2.75) is 19.4 Å². The minimum atomic E-state index is -0.619. The molecule has 1 amide bonds. The van der Waals surface area contributed by atoms with Crippen LogP contribution < -0.4 is 5.32 Å². The first-order valence-electron chi connectivity index (χ1n) is 4.73. The van der Waals surface area contributed by atoms with Gasteiger partial charge in [-0.25, -0.2) is 0 Å². The predicted molar refractivity (Wildman–Crippen MR) is 70.5 cm³/mol. The van der Waals surface area contributed by atoms with E-state index in [1.807, 2.05) is 6.07 Å². The van der Waals surface area contributed by atoms with Gasteiger partial charge in [-0.15, -0.1) is 0 Å². The summed E-state index contributed by atoms with van der Waals surface area (Å²) in [6, 6.07) is 5.31. The first-order chi connectivity index (χ1) is 7.34. The number of rotatable bonds is 3. The number of aliphatic hydroxyl groups excluding tert-OH is 1. The molecule has 0 aliphatic carbocycles. The molecule has 0 aromatic heterocycles. The zero-order chi connectivity index (χ0) is 12.3. The van der Waals surface area contributed by atoms with Crippen LogP contribution in [0.4, 0.5) is 0 Å². The van der Waals surface area contributed by atoms with E-state index >= 15 is 0 Å². The first-order valence-corrected chi connectivity index (χ1v) is 6.32. The maximum Gasteiger partial charge on any atom is 0.251 e. The molecular weight excluding hydrogens is 338 g/mol. The van der Waals surface area contributed by atoms with Gasteiger partial charge >= 0.3 is 0 Å². The van der Waals surface area contributed by atoms with E-state index in [0.717, 1.165) is 8.95 Å². The van der Waals surface area contributed by atoms with E-state index in [9.17, 15) is 4.79 Å². The molecule has 0 saturated carbocycles. The van der Waals surface area contributed by atoms with Crippen molar-refractivity contribution in [2.75, 3.05) is 6.61 Å². The molecule has 0 aliphatic rings. The smallest absolute Gasteiger partial charge is 0.251 e. The molecule has 0 unspecified atom stereocenters. The number of benzene rings is 1. The molecule has 0 radical (unpaired) electrons. The molecule has 0 fully saturated rings. The molecular formula is C11H13Br2NO2. The van der Waals surface area contributed by atoms with Crippen LogP contribution in [0.2, 0.25) is 0 Å². The number of nitrogens with one attached hydrogen (secondary N) is 1. The summed E-state index contributed by atoms with van der Waals surface area (Å²) in [6.45, 7) is 3.42. The lowest BCUT2D eigenvalue weighted by molar-refractivity contribution is 0.0869. The standard InChI is InChI=1S/C11H13Br2NO2/c1-11(2,6-15)14-10(16)7-3-8(12)5-9(13)4-7/h3-5,15H,6H2,1-2H3,(H,14,16). The van der Waals surface area contributed by atoms with Crippen molar-refractivity contribution < 1.29 is 9.90 Å². The third kappa shape index (κ3) is 3.88.